The highest BCUT2D eigenvalue weighted by Gasteiger charge is 2.53. The summed E-state index contributed by atoms with van der Waals surface area (Å²) in [4.78, 5) is 16.5. The number of para-hydroxylation sites is 1. The van der Waals surface area contributed by atoms with Gasteiger partial charge in [-0.3, -0.25) is 4.79 Å². The first kappa shape index (κ1) is 18.0. The largest absolute Gasteiger partial charge is 0.353 e. The predicted octanol–water partition coefficient (Wildman–Crippen LogP) is 4.50. The summed E-state index contributed by atoms with van der Waals surface area (Å²) in [6, 6.07) is 16.7. The zero-order valence-electron chi connectivity index (χ0n) is 16.4. The van der Waals surface area contributed by atoms with Gasteiger partial charge in [0, 0.05) is 34.3 Å². The van der Waals surface area contributed by atoms with Crippen LogP contribution < -0.4 is 5.32 Å². The van der Waals surface area contributed by atoms with Gasteiger partial charge in [-0.15, -0.1) is 0 Å². The highest BCUT2D eigenvalue weighted by Crippen LogP contribution is 2.48. The fraction of sp³-hybridized carbons (Fsp3) is 0.375. The Labute approximate surface area is 170 Å². The van der Waals surface area contributed by atoms with Crippen molar-refractivity contribution in [3.05, 3.63) is 70.4 Å². The van der Waals surface area contributed by atoms with Crippen molar-refractivity contribution in [1.29, 1.82) is 0 Å². The molecule has 1 aromatic heterocycles. The fourth-order valence-electron chi connectivity index (χ4n) is 5.77. The minimum absolute atomic E-state index is 0.0115. The molecule has 1 aliphatic heterocycles. The lowest BCUT2D eigenvalue weighted by molar-refractivity contribution is -0.744. The lowest BCUT2D eigenvalue weighted by Gasteiger charge is -2.45. The van der Waals surface area contributed by atoms with E-state index < -0.39 is 0 Å². The van der Waals surface area contributed by atoms with Crippen molar-refractivity contribution < 1.29 is 10.1 Å². The second-order valence-corrected chi connectivity index (χ2v) is 9.77. The molecule has 144 valence electrons. The maximum Gasteiger partial charge on any atom is 0.144 e. The maximum absolute atomic E-state index is 12.7. The number of nitrogens with one attached hydrogen (secondary N) is 1. The Morgan fingerprint density at radius 1 is 1.07 bits per heavy atom. The zero-order chi connectivity index (χ0) is 19.5. The number of halogens is 1. The lowest BCUT2D eigenvalue weighted by atomic mass is 9.63. The first-order valence-corrected chi connectivity index (χ1v) is 10.5. The minimum atomic E-state index is -0.203. The standard InChI is InChI=1S/C24H25ClN2O/c1-23(2)11-15(28)12-24(14-23)22-21(17-8-4-6-10-20(17)27-22)18(13-26-24)16-7-3-5-9-19(16)25/h3-10,18,26-27H,11-14H2,1-2H3/p+1/t18-,24+/m1/s1. The average molecular weight is 394 g/mol. The zero-order valence-corrected chi connectivity index (χ0v) is 17.1. The monoisotopic (exact) mass is 393 g/mol. The molecule has 2 aliphatic rings. The van der Waals surface area contributed by atoms with E-state index in [0.717, 1.165) is 23.5 Å². The Morgan fingerprint density at radius 3 is 2.61 bits per heavy atom. The highest BCUT2D eigenvalue weighted by atomic mass is 35.5. The molecule has 4 heteroatoms. The van der Waals surface area contributed by atoms with Crippen molar-refractivity contribution in [2.75, 3.05) is 6.54 Å². The molecule has 28 heavy (non-hydrogen) atoms. The quantitative estimate of drug-likeness (QED) is 0.628. The van der Waals surface area contributed by atoms with Gasteiger partial charge in [0.1, 0.15) is 11.3 Å². The van der Waals surface area contributed by atoms with Crippen molar-refractivity contribution >= 4 is 28.3 Å². The number of carbonyl (C=O) groups is 1. The normalized spacial score (nSPS) is 26.5. The Balaban J connectivity index is 1.75. The molecule has 0 amide bonds. The van der Waals surface area contributed by atoms with Crippen LogP contribution in [0.25, 0.3) is 10.9 Å². The molecule has 1 aliphatic carbocycles. The molecule has 0 saturated heterocycles. The molecule has 2 heterocycles. The summed E-state index contributed by atoms with van der Waals surface area (Å²) in [5, 5.41) is 4.48. The number of nitrogens with two attached hydrogens (primary N) is 1. The van der Waals surface area contributed by atoms with E-state index in [1.807, 2.05) is 12.1 Å². The molecule has 3 N–H and O–H groups in total. The average Bonchev–Trinajstić information content (AvgIpc) is 3.02. The van der Waals surface area contributed by atoms with Gasteiger partial charge in [-0.2, -0.15) is 0 Å². The fourth-order valence-corrected chi connectivity index (χ4v) is 6.04. The van der Waals surface area contributed by atoms with E-state index in [0.29, 0.717) is 18.6 Å². The number of quaternary nitrogens is 1. The molecule has 0 radical (unpaired) electrons. The second kappa shape index (κ2) is 6.20. The molecule has 2 atom stereocenters. The van der Waals surface area contributed by atoms with Crippen LogP contribution in [0.15, 0.2) is 48.5 Å². The van der Waals surface area contributed by atoms with E-state index in [9.17, 15) is 4.79 Å². The predicted molar refractivity (Wildman–Crippen MR) is 113 cm³/mol. The third kappa shape index (κ3) is 2.72. The van der Waals surface area contributed by atoms with Gasteiger partial charge in [0.2, 0.25) is 0 Å². The number of hydrogen-bond donors (Lipinski definition) is 2. The van der Waals surface area contributed by atoms with Crippen LogP contribution in [-0.4, -0.2) is 17.3 Å². The van der Waals surface area contributed by atoms with Gasteiger partial charge in [-0.1, -0.05) is 61.8 Å². The lowest BCUT2D eigenvalue weighted by Crippen LogP contribution is -2.98. The Kier molecular flexibility index (Phi) is 3.98. The van der Waals surface area contributed by atoms with Crippen LogP contribution in [0.5, 0.6) is 0 Å². The van der Waals surface area contributed by atoms with E-state index in [4.69, 9.17) is 11.6 Å². The summed E-state index contributed by atoms with van der Waals surface area (Å²) in [6.45, 7) is 5.35. The van der Waals surface area contributed by atoms with Gasteiger partial charge in [-0.25, -0.2) is 0 Å². The highest BCUT2D eigenvalue weighted by molar-refractivity contribution is 6.31. The molecule has 1 fully saturated rings. The topological polar surface area (TPSA) is 49.5 Å². The van der Waals surface area contributed by atoms with Gasteiger partial charge < -0.3 is 10.3 Å². The van der Waals surface area contributed by atoms with Crippen LogP contribution in [0.1, 0.15) is 55.8 Å². The smallest absolute Gasteiger partial charge is 0.144 e. The maximum atomic E-state index is 12.7. The number of hydrogen-bond acceptors (Lipinski definition) is 1. The number of benzene rings is 2. The molecule has 1 saturated carbocycles. The van der Waals surface area contributed by atoms with Gasteiger partial charge in [0.15, 0.2) is 0 Å². The first-order chi connectivity index (χ1) is 13.4. The summed E-state index contributed by atoms with van der Waals surface area (Å²) in [6.07, 6.45) is 2.28. The molecular weight excluding hydrogens is 368 g/mol. The van der Waals surface area contributed by atoms with Gasteiger partial charge in [0.25, 0.3) is 0 Å². The van der Waals surface area contributed by atoms with E-state index in [-0.39, 0.29) is 16.9 Å². The number of ketones is 1. The van der Waals surface area contributed by atoms with E-state index >= 15 is 0 Å². The Hall–Kier alpha value is -2.10. The number of fused-ring (bicyclic) bond motifs is 4. The third-order valence-corrected chi connectivity index (χ3v) is 6.94. The van der Waals surface area contributed by atoms with Crippen LogP contribution in [0.2, 0.25) is 5.02 Å². The van der Waals surface area contributed by atoms with Gasteiger partial charge in [-0.05, 0) is 23.1 Å². The van der Waals surface area contributed by atoms with Crippen molar-refractivity contribution in [2.45, 2.75) is 44.6 Å². The molecule has 1 spiro atoms. The van der Waals surface area contributed by atoms with Crippen molar-refractivity contribution in [3.63, 3.8) is 0 Å². The number of aromatic nitrogens is 1. The number of Topliss-reactive ketones (excluding diaryl/α,β-unsaturated/α-hetero) is 1. The second-order valence-electron chi connectivity index (χ2n) is 9.36. The third-order valence-electron chi connectivity index (χ3n) is 6.60. The van der Waals surface area contributed by atoms with Crippen molar-refractivity contribution in [3.8, 4) is 0 Å². The van der Waals surface area contributed by atoms with Crippen LogP contribution in [0.3, 0.4) is 0 Å². The summed E-state index contributed by atoms with van der Waals surface area (Å²) >= 11 is 6.61. The minimum Gasteiger partial charge on any atom is -0.353 e. The van der Waals surface area contributed by atoms with Crippen molar-refractivity contribution in [2.24, 2.45) is 5.41 Å². The Bertz CT molecular complexity index is 1080. The van der Waals surface area contributed by atoms with E-state index in [1.165, 1.54) is 22.2 Å². The molecule has 3 nitrogen and oxygen atoms in total. The summed E-state index contributed by atoms with van der Waals surface area (Å²) in [7, 11) is 0. The molecule has 0 unspecified atom stereocenters. The summed E-state index contributed by atoms with van der Waals surface area (Å²) < 4.78 is 0. The number of carbonyl (C=O) groups excluding carboxylic acids is 1. The van der Waals surface area contributed by atoms with Crippen LogP contribution >= 0.6 is 11.6 Å². The molecule has 3 aromatic rings. The number of aromatic amines is 1. The van der Waals surface area contributed by atoms with Crippen LogP contribution in [0, 0.1) is 5.41 Å². The summed E-state index contributed by atoms with van der Waals surface area (Å²) in [5.74, 6) is 0.582. The van der Waals surface area contributed by atoms with Crippen molar-refractivity contribution in [1.82, 2.24) is 4.98 Å². The molecule has 0 bridgehead atoms. The molecule has 5 rings (SSSR count). The Morgan fingerprint density at radius 2 is 1.82 bits per heavy atom. The molecule has 2 aromatic carbocycles. The number of rotatable bonds is 1. The SMILES string of the molecule is CC1(C)CC(=O)C[C@@]2(C1)[NH2+]C[C@H](c1ccccc1Cl)c1c2[nH]c2ccccc12. The van der Waals surface area contributed by atoms with Gasteiger partial charge >= 0.3 is 0 Å². The summed E-state index contributed by atoms with van der Waals surface area (Å²) in [5.41, 5.74) is 4.68. The number of H-pyrrole nitrogens is 1. The van der Waals surface area contributed by atoms with Gasteiger partial charge in [0.05, 0.1) is 24.6 Å². The van der Waals surface area contributed by atoms with Crippen LogP contribution in [0.4, 0.5) is 0 Å². The first-order valence-electron chi connectivity index (χ1n) is 10.1. The van der Waals surface area contributed by atoms with Crippen LogP contribution in [-0.2, 0) is 10.3 Å². The van der Waals surface area contributed by atoms with E-state index in [1.54, 1.807) is 0 Å². The van der Waals surface area contributed by atoms with E-state index in [2.05, 4.69) is 60.5 Å². The molecular formula is C24H26ClN2O+.